The van der Waals surface area contributed by atoms with Crippen LogP contribution in [0.5, 0.6) is 0 Å². The molecule has 0 aliphatic carbocycles. The highest BCUT2D eigenvalue weighted by molar-refractivity contribution is 5.96. The third-order valence-corrected chi connectivity index (χ3v) is 5.84. The first-order valence-electron chi connectivity index (χ1n) is 11.1. The third kappa shape index (κ3) is 4.96. The number of nitrogens with one attached hydrogen (secondary N) is 4. The molecule has 2 atom stereocenters. The second-order valence-electron chi connectivity index (χ2n) is 7.99. The average molecular weight is 441 g/mol. The van der Waals surface area contributed by atoms with E-state index in [9.17, 15) is 9.59 Å². The van der Waals surface area contributed by atoms with E-state index in [1.807, 2.05) is 48.5 Å². The molecule has 1 aromatic heterocycles. The van der Waals surface area contributed by atoms with Gasteiger partial charge in [-0.1, -0.05) is 78.9 Å². The molecule has 4 N–H and O–H groups in total. The number of aromatic nitrogens is 1. The highest BCUT2D eigenvalue weighted by atomic mass is 16.2. The zero-order valence-corrected chi connectivity index (χ0v) is 18.8. The normalized spacial score (nSPS) is 12.8. The van der Waals surface area contributed by atoms with Gasteiger partial charge in [0.05, 0.1) is 11.7 Å². The maximum Gasteiger partial charge on any atom is 0.321 e. The number of carbonyl (C=O) groups excluding carboxylic acids is 2. The number of hydrogen-bond donors (Lipinski definition) is 4. The Kier molecular flexibility index (Phi) is 6.86. The van der Waals surface area contributed by atoms with E-state index in [0.717, 1.165) is 27.7 Å². The zero-order valence-electron chi connectivity index (χ0n) is 18.8. The van der Waals surface area contributed by atoms with Gasteiger partial charge >= 0.3 is 6.03 Å². The second kappa shape index (κ2) is 10.1. The number of carbonyl (C=O) groups is 2. The SMILES string of the molecule is CNC(=O)NC(=O)[C@H](C)NC[C@H](c1ccccc1)c1c(-c2ccccc2)[nH]c2ccccc12. The summed E-state index contributed by atoms with van der Waals surface area (Å²) in [6, 6.07) is 27.8. The number of hydrogen-bond acceptors (Lipinski definition) is 3. The smallest absolute Gasteiger partial charge is 0.321 e. The topological polar surface area (TPSA) is 86.0 Å². The van der Waals surface area contributed by atoms with E-state index < -0.39 is 12.1 Å². The van der Waals surface area contributed by atoms with Gasteiger partial charge in [0.2, 0.25) is 5.91 Å². The molecule has 6 heteroatoms. The van der Waals surface area contributed by atoms with Gasteiger partial charge in [-0.3, -0.25) is 10.1 Å². The van der Waals surface area contributed by atoms with Gasteiger partial charge in [0.25, 0.3) is 0 Å². The zero-order chi connectivity index (χ0) is 23.2. The van der Waals surface area contributed by atoms with Gasteiger partial charge in [0.15, 0.2) is 0 Å². The minimum Gasteiger partial charge on any atom is -0.354 e. The van der Waals surface area contributed by atoms with Crippen LogP contribution in [0.4, 0.5) is 4.79 Å². The minimum atomic E-state index is -0.543. The number of imide groups is 1. The lowest BCUT2D eigenvalue weighted by Crippen LogP contribution is -2.48. The van der Waals surface area contributed by atoms with Crippen LogP contribution in [0.3, 0.4) is 0 Å². The summed E-state index contributed by atoms with van der Waals surface area (Å²) < 4.78 is 0. The molecule has 0 bridgehead atoms. The van der Waals surface area contributed by atoms with E-state index in [1.54, 1.807) is 6.92 Å². The summed E-state index contributed by atoms with van der Waals surface area (Å²) in [5.74, 6) is -0.392. The molecule has 168 valence electrons. The first-order valence-corrected chi connectivity index (χ1v) is 11.1. The fourth-order valence-corrected chi connectivity index (χ4v) is 4.10. The van der Waals surface area contributed by atoms with E-state index in [0.29, 0.717) is 6.54 Å². The van der Waals surface area contributed by atoms with E-state index >= 15 is 0 Å². The van der Waals surface area contributed by atoms with Crippen LogP contribution in [-0.2, 0) is 4.79 Å². The van der Waals surface area contributed by atoms with Crippen LogP contribution in [0, 0.1) is 0 Å². The lowest BCUT2D eigenvalue weighted by molar-refractivity contribution is -0.121. The fourth-order valence-electron chi connectivity index (χ4n) is 4.10. The van der Waals surface area contributed by atoms with Crippen molar-refractivity contribution in [3.05, 3.63) is 96.1 Å². The Morgan fingerprint density at radius 1 is 0.879 bits per heavy atom. The number of benzene rings is 3. The molecular formula is C27H28N4O2. The molecule has 1 heterocycles. The van der Waals surface area contributed by atoms with Crippen molar-refractivity contribution in [3.63, 3.8) is 0 Å². The molecule has 0 fully saturated rings. The molecule has 33 heavy (non-hydrogen) atoms. The summed E-state index contributed by atoms with van der Waals surface area (Å²) in [7, 11) is 1.48. The number of rotatable bonds is 7. The highest BCUT2D eigenvalue weighted by Crippen LogP contribution is 2.38. The van der Waals surface area contributed by atoms with Crippen LogP contribution in [0.2, 0.25) is 0 Å². The first kappa shape index (κ1) is 22.3. The van der Waals surface area contributed by atoms with E-state index in [4.69, 9.17) is 0 Å². The van der Waals surface area contributed by atoms with Crippen molar-refractivity contribution in [1.29, 1.82) is 0 Å². The number of para-hydroxylation sites is 1. The Morgan fingerprint density at radius 2 is 1.52 bits per heavy atom. The van der Waals surface area contributed by atoms with Crippen molar-refractivity contribution in [2.24, 2.45) is 0 Å². The van der Waals surface area contributed by atoms with Gasteiger partial charge in [0, 0.05) is 30.4 Å². The lowest BCUT2D eigenvalue weighted by atomic mass is 9.87. The van der Waals surface area contributed by atoms with E-state index in [2.05, 4.69) is 57.3 Å². The van der Waals surface area contributed by atoms with Gasteiger partial charge in [-0.2, -0.15) is 0 Å². The number of fused-ring (bicyclic) bond motifs is 1. The number of aromatic amines is 1. The summed E-state index contributed by atoms with van der Waals surface area (Å²) in [6.07, 6.45) is 0. The molecule has 3 amide bonds. The van der Waals surface area contributed by atoms with Gasteiger partial charge in [0.1, 0.15) is 0 Å². The number of amides is 3. The van der Waals surface area contributed by atoms with Crippen molar-refractivity contribution >= 4 is 22.8 Å². The van der Waals surface area contributed by atoms with Crippen molar-refractivity contribution < 1.29 is 9.59 Å². The molecule has 0 saturated heterocycles. The summed E-state index contributed by atoms with van der Waals surface area (Å²) in [4.78, 5) is 27.6. The van der Waals surface area contributed by atoms with Crippen LogP contribution in [-0.4, -0.2) is 36.6 Å². The molecule has 0 unspecified atom stereocenters. The van der Waals surface area contributed by atoms with Crippen LogP contribution < -0.4 is 16.0 Å². The van der Waals surface area contributed by atoms with Crippen molar-refractivity contribution in [3.8, 4) is 11.3 Å². The van der Waals surface area contributed by atoms with Crippen molar-refractivity contribution in [1.82, 2.24) is 20.9 Å². The Hall–Kier alpha value is -3.90. The van der Waals surface area contributed by atoms with E-state index in [1.165, 1.54) is 12.6 Å². The Morgan fingerprint density at radius 3 is 2.21 bits per heavy atom. The maximum atomic E-state index is 12.4. The summed E-state index contributed by atoms with van der Waals surface area (Å²) in [6.45, 7) is 2.28. The number of H-pyrrole nitrogens is 1. The molecule has 4 aromatic rings. The van der Waals surface area contributed by atoms with Crippen molar-refractivity contribution in [2.45, 2.75) is 18.9 Å². The minimum absolute atomic E-state index is 0.0205. The Balaban J connectivity index is 1.75. The Bertz CT molecular complexity index is 1230. The predicted octanol–water partition coefficient (Wildman–Crippen LogP) is 4.40. The quantitative estimate of drug-likeness (QED) is 0.344. The summed E-state index contributed by atoms with van der Waals surface area (Å²) in [5, 5.41) is 9.23. The molecule has 0 saturated carbocycles. The number of urea groups is 1. The van der Waals surface area contributed by atoms with Crippen LogP contribution >= 0.6 is 0 Å². The first-order chi connectivity index (χ1) is 16.1. The fraction of sp³-hybridized carbons (Fsp3) is 0.185. The van der Waals surface area contributed by atoms with Crippen LogP contribution in [0.1, 0.15) is 24.0 Å². The molecule has 0 aliphatic heterocycles. The highest BCUT2D eigenvalue weighted by Gasteiger charge is 2.25. The van der Waals surface area contributed by atoms with Gasteiger partial charge < -0.3 is 15.6 Å². The van der Waals surface area contributed by atoms with Crippen LogP contribution in [0.15, 0.2) is 84.9 Å². The van der Waals surface area contributed by atoms with Gasteiger partial charge in [-0.15, -0.1) is 0 Å². The molecule has 0 radical (unpaired) electrons. The molecule has 0 spiro atoms. The molecular weight excluding hydrogens is 412 g/mol. The average Bonchev–Trinajstić information content (AvgIpc) is 3.24. The predicted molar refractivity (Wildman–Crippen MR) is 132 cm³/mol. The Labute approximate surface area is 193 Å². The van der Waals surface area contributed by atoms with Gasteiger partial charge in [-0.25, -0.2) is 4.79 Å². The monoisotopic (exact) mass is 440 g/mol. The summed E-state index contributed by atoms with van der Waals surface area (Å²) >= 11 is 0. The third-order valence-electron chi connectivity index (χ3n) is 5.84. The lowest BCUT2D eigenvalue weighted by Gasteiger charge is -2.22. The van der Waals surface area contributed by atoms with Crippen molar-refractivity contribution in [2.75, 3.05) is 13.6 Å². The standard InChI is InChI=1S/C27H28N4O2/c1-18(26(32)31-27(33)28-2)29-17-22(19-11-5-3-6-12-19)24-21-15-9-10-16-23(21)30-25(24)20-13-7-4-8-14-20/h3-16,18,22,29-30H,17H2,1-2H3,(H2,28,31,32,33)/t18-,22+/m0/s1. The van der Waals surface area contributed by atoms with Crippen LogP contribution in [0.25, 0.3) is 22.2 Å². The van der Waals surface area contributed by atoms with E-state index in [-0.39, 0.29) is 11.8 Å². The second-order valence-corrected chi connectivity index (χ2v) is 7.99. The molecule has 0 aliphatic rings. The molecule has 6 nitrogen and oxygen atoms in total. The molecule has 4 rings (SSSR count). The largest absolute Gasteiger partial charge is 0.354 e. The maximum absolute atomic E-state index is 12.4. The molecule has 3 aromatic carbocycles. The van der Waals surface area contributed by atoms with Gasteiger partial charge in [-0.05, 0) is 29.7 Å². The summed E-state index contributed by atoms with van der Waals surface area (Å²) in [5.41, 5.74) is 5.56.